The third kappa shape index (κ3) is 3.12. The average Bonchev–Trinajstić information content (AvgIpc) is 2.37. The number of alkyl halides is 3. The third-order valence-corrected chi connectivity index (χ3v) is 4.00. The van der Waals surface area contributed by atoms with Gasteiger partial charge in [0.2, 0.25) is 0 Å². The molecule has 2 unspecified atom stereocenters. The minimum Gasteiger partial charge on any atom is -0.392 e. The van der Waals surface area contributed by atoms with Crippen LogP contribution >= 0.6 is 0 Å². The number of hydrogen-bond acceptors (Lipinski definition) is 2. The fraction of sp³-hybridized carbons (Fsp3) is 0.500. The highest BCUT2D eigenvalue weighted by Gasteiger charge is 2.48. The predicted octanol–water partition coefficient (Wildman–Crippen LogP) is 2.99. The van der Waals surface area contributed by atoms with E-state index in [-0.39, 0.29) is 11.7 Å². The zero-order chi connectivity index (χ0) is 15.8. The van der Waals surface area contributed by atoms with Gasteiger partial charge in [-0.15, -0.1) is 0 Å². The maximum atomic E-state index is 12.8. The zero-order valence-electron chi connectivity index (χ0n) is 11.7. The van der Waals surface area contributed by atoms with Gasteiger partial charge in [-0.1, -0.05) is 26.0 Å². The van der Waals surface area contributed by atoms with Crippen molar-refractivity contribution >= 4 is 11.7 Å². The molecule has 0 radical (unpaired) electrons. The molecule has 2 atom stereocenters. The first-order chi connectivity index (χ1) is 9.62. The highest BCUT2D eigenvalue weighted by Crippen LogP contribution is 2.40. The summed E-state index contributed by atoms with van der Waals surface area (Å²) in [7, 11) is 0. The van der Waals surface area contributed by atoms with Gasteiger partial charge in [0.15, 0.2) is 0 Å². The molecule has 2 amide bonds. The van der Waals surface area contributed by atoms with E-state index in [0.29, 0.717) is 6.42 Å². The first-order valence-electron chi connectivity index (χ1n) is 6.54. The van der Waals surface area contributed by atoms with Crippen LogP contribution in [0.4, 0.5) is 23.7 Å². The molecule has 1 saturated carbocycles. The summed E-state index contributed by atoms with van der Waals surface area (Å²) in [6, 6.07) is 3.80. The second-order valence-corrected chi connectivity index (χ2v) is 5.77. The third-order valence-electron chi connectivity index (χ3n) is 4.00. The van der Waals surface area contributed by atoms with Crippen LogP contribution in [-0.4, -0.2) is 23.3 Å². The Morgan fingerprint density at radius 3 is 2.48 bits per heavy atom. The van der Waals surface area contributed by atoms with Crippen LogP contribution in [0.25, 0.3) is 0 Å². The van der Waals surface area contributed by atoms with Crippen LogP contribution in [0.3, 0.4) is 0 Å². The number of rotatable bonds is 2. The predicted molar refractivity (Wildman–Crippen MR) is 71.8 cm³/mol. The minimum atomic E-state index is -4.53. The number of aliphatic hydroxyl groups excluding tert-OH is 1. The summed E-state index contributed by atoms with van der Waals surface area (Å²) in [5.41, 5.74) is -1.67. The van der Waals surface area contributed by atoms with Gasteiger partial charge in [-0.25, -0.2) is 4.79 Å². The molecule has 1 fully saturated rings. The summed E-state index contributed by atoms with van der Waals surface area (Å²) in [5.74, 6) is 0. The van der Waals surface area contributed by atoms with E-state index in [1.165, 1.54) is 18.2 Å². The molecule has 21 heavy (non-hydrogen) atoms. The standard InChI is InChI=1S/C14H17F3N2O2/c1-13(2)10(7-11(13)20)19-12(21)18-9-6-4-3-5-8(9)14(15,16)17/h3-6,10-11,20H,7H2,1-2H3,(H2,18,19,21). The van der Waals surface area contributed by atoms with Crippen LogP contribution in [0.2, 0.25) is 0 Å². The number of carbonyl (C=O) groups is 1. The van der Waals surface area contributed by atoms with Gasteiger partial charge in [0.25, 0.3) is 0 Å². The molecule has 1 aliphatic rings. The van der Waals surface area contributed by atoms with Crippen molar-refractivity contribution in [3.05, 3.63) is 29.8 Å². The molecule has 4 nitrogen and oxygen atoms in total. The summed E-state index contributed by atoms with van der Waals surface area (Å²) >= 11 is 0. The van der Waals surface area contributed by atoms with Crippen LogP contribution < -0.4 is 10.6 Å². The van der Waals surface area contributed by atoms with E-state index < -0.39 is 29.3 Å². The number of amides is 2. The van der Waals surface area contributed by atoms with Gasteiger partial charge in [-0.3, -0.25) is 0 Å². The summed E-state index contributed by atoms with van der Waals surface area (Å²) in [6.45, 7) is 3.57. The van der Waals surface area contributed by atoms with Crippen LogP contribution in [-0.2, 0) is 6.18 Å². The van der Waals surface area contributed by atoms with E-state index in [9.17, 15) is 23.1 Å². The number of para-hydroxylation sites is 1. The van der Waals surface area contributed by atoms with Crippen LogP contribution in [0.5, 0.6) is 0 Å². The van der Waals surface area contributed by atoms with E-state index >= 15 is 0 Å². The second kappa shape index (κ2) is 5.22. The molecule has 2 rings (SSSR count). The lowest BCUT2D eigenvalue weighted by Gasteiger charge is -2.49. The van der Waals surface area contributed by atoms with Crippen molar-refractivity contribution in [2.45, 2.75) is 38.6 Å². The quantitative estimate of drug-likeness (QED) is 0.786. The summed E-state index contributed by atoms with van der Waals surface area (Å²) < 4.78 is 38.4. The smallest absolute Gasteiger partial charge is 0.392 e. The highest BCUT2D eigenvalue weighted by atomic mass is 19.4. The molecule has 0 aromatic heterocycles. The van der Waals surface area contributed by atoms with Crippen LogP contribution in [0.1, 0.15) is 25.8 Å². The fourth-order valence-corrected chi connectivity index (χ4v) is 2.30. The molecule has 0 saturated heterocycles. The van der Waals surface area contributed by atoms with Crippen molar-refractivity contribution in [3.8, 4) is 0 Å². The number of halogens is 3. The van der Waals surface area contributed by atoms with Crippen LogP contribution in [0.15, 0.2) is 24.3 Å². The summed E-state index contributed by atoms with van der Waals surface area (Å²) in [5, 5.41) is 14.4. The normalized spacial score (nSPS) is 24.1. The topological polar surface area (TPSA) is 61.4 Å². The molecular weight excluding hydrogens is 285 g/mol. The van der Waals surface area contributed by atoms with E-state index in [2.05, 4.69) is 10.6 Å². The lowest BCUT2D eigenvalue weighted by Crippen LogP contribution is -2.61. The molecule has 3 N–H and O–H groups in total. The minimum absolute atomic E-state index is 0.273. The highest BCUT2D eigenvalue weighted by molar-refractivity contribution is 5.90. The molecule has 116 valence electrons. The molecule has 0 heterocycles. The molecule has 0 bridgehead atoms. The lowest BCUT2D eigenvalue weighted by molar-refractivity contribution is -0.136. The van der Waals surface area contributed by atoms with Gasteiger partial charge in [-0.2, -0.15) is 13.2 Å². The van der Waals surface area contributed by atoms with E-state index in [1.807, 2.05) is 0 Å². The average molecular weight is 302 g/mol. The van der Waals surface area contributed by atoms with Crippen molar-refractivity contribution in [1.82, 2.24) is 5.32 Å². The largest absolute Gasteiger partial charge is 0.418 e. The van der Waals surface area contributed by atoms with Gasteiger partial charge in [-0.05, 0) is 18.6 Å². The van der Waals surface area contributed by atoms with E-state index in [4.69, 9.17) is 0 Å². The van der Waals surface area contributed by atoms with Gasteiger partial charge in [0.05, 0.1) is 17.4 Å². The van der Waals surface area contributed by atoms with Crippen molar-refractivity contribution < 1.29 is 23.1 Å². The number of urea groups is 1. The second-order valence-electron chi connectivity index (χ2n) is 5.77. The number of anilines is 1. The Balaban J connectivity index is 2.05. The molecule has 0 aliphatic heterocycles. The fourth-order valence-electron chi connectivity index (χ4n) is 2.30. The Morgan fingerprint density at radius 2 is 1.95 bits per heavy atom. The van der Waals surface area contributed by atoms with Gasteiger partial charge in [0.1, 0.15) is 0 Å². The molecule has 0 spiro atoms. The Morgan fingerprint density at radius 1 is 1.33 bits per heavy atom. The number of benzene rings is 1. The molecular formula is C14H17F3N2O2. The van der Waals surface area contributed by atoms with Crippen molar-refractivity contribution in [2.75, 3.05) is 5.32 Å². The molecule has 1 aromatic carbocycles. The first-order valence-corrected chi connectivity index (χ1v) is 6.54. The molecule has 1 aromatic rings. The monoisotopic (exact) mass is 302 g/mol. The number of carbonyl (C=O) groups excluding carboxylic acids is 1. The first kappa shape index (κ1) is 15.6. The maximum absolute atomic E-state index is 12.8. The lowest BCUT2D eigenvalue weighted by atomic mass is 9.65. The number of aliphatic hydroxyl groups is 1. The van der Waals surface area contributed by atoms with Crippen molar-refractivity contribution in [1.29, 1.82) is 0 Å². The van der Waals surface area contributed by atoms with Gasteiger partial charge >= 0.3 is 12.2 Å². The maximum Gasteiger partial charge on any atom is 0.418 e. The Kier molecular flexibility index (Phi) is 3.88. The zero-order valence-corrected chi connectivity index (χ0v) is 11.7. The SMILES string of the molecule is CC1(C)C(O)CC1NC(=O)Nc1ccccc1C(F)(F)F. The van der Waals surface area contributed by atoms with Crippen LogP contribution in [0, 0.1) is 5.41 Å². The Bertz CT molecular complexity index is 543. The molecule has 1 aliphatic carbocycles. The van der Waals surface area contributed by atoms with Gasteiger partial charge < -0.3 is 15.7 Å². The molecule has 7 heteroatoms. The van der Waals surface area contributed by atoms with Crippen molar-refractivity contribution in [2.24, 2.45) is 5.41 Å². The van der Waals surface area contributed by atoms with Crippen molar-refractivity contribution in [3.63, 3.8) is 0 Å². The summed E-state index contributed by atoms with van der Waals surface area (Å²) in [4.78, 5) is 11.8. The number of nitrogens with one attached hydrogen (secondary N) is 2. The van der Waals surface area contributed by atoms with E-state index in [1.54, 1.807) is 13.8 Å². The Hall–Kier alpha value is -1.76. The Labute approximate surface area is 120 Å². The summed E-state index contributed by atoms with van der Waals surface area (Å²) in [6.07, 6.45) is -4.66. The van der Waals surface area contributed by atoms with Gasteiger partial charge in [0, 0.05) is 11.5 Å². The number of hydrogen-bond donors (Lipinski definition) is 3. The van der Waals surface area contributed by atoms with E-state index in [0.717, 1.165) is 6.07 Å².